The van der Waals surface area contributed by atoms with Crippen LogP contribution in [0.1, 0.15) is 18.5 Å². The van der Waals surface area contributed by atoms with Crippen molar-refractivity contribution in [2.24, 2.45) is 0 Å². The van der Waals surface area contributed by atoms with E-state index in [1.165, 1.54) is 0 Å². The molecule has 1 amide bonds. The Balaban J connectivity index is 2.70. The van der Waals surface area contributed by atoms with Gasteiger partial charge in [0.1, 0.15) is 0 Å². The molecule has 4 heteroatoms. The summed E-state index contributed by atoms with van der Waals surface area (Å²) in [6.07, 6.45) is 1.73. The molecule has 0 aliphatic heterocycles. The third-order valence-electron chi connectivity index (χ3n) is 1.59. The quantitative estimate of drug-likeness (QED) is 0.432. The summed E-state index contributed by atoms with van der Waals surface area (Å²) in [6.45, 7) is 1.71. The van der Waals surface area contributed by atoms with Crippen molar-refractivity contribution in [3.63, 3.8) is 0 Å². The zero-order valence-corrected chi connectivity index (χ0v) is 6.16. The van der Waals surface area contributed by atoms with Crippen LogP contribution in [-0.4, -0.2) is 16.1 Å². The third kappa shape index (κ3) is 1.59. The Morgan fingerprint density at radius 1 is 1.82 bits per heavy atom. The molecular weight excluding hydrogens is 144 g/mol. The highest BCUT2D eigenvalue weighted by molar-refractivity contribution is 5.81. The lowest BCUT2D eigenvalue weighted by Gasteiger charge is -2.05. The average molecular weight is 154 g/mol. The Morgan fingerprint density at radius 2 is 2.55 bits per heavy atom. The molecule has 60 valence electrons. The number of rotatable bonds is 2. The molecule has 1 rings (SSSR count). The molecule has 0 saturated heterocycles. The van der Waals surface area contributed by atoms with Crippen LogP contribution in [0.2, 0.25) is 0 Å². The van der Waals surface area contributed by atoms with E-state index in [1.807, 2.05) is 0 Å². The molecule has 0 fully saturated rings. The van der Waals surface area contributed by atoms with Gasteiger partial charge >= 0.3 is 0 Å². The number of carbonyl (C=O) groups is 1. The van der Waals surface area contributed by atoms with E-state index in [9.17, 15) is 4.79 Å². The molecule has 1 aromatic heterocycles. The number of hydroxylamine groups is 1. The van der Waals surface area contributed by atoms with E-state index in [-0.39, 0.29) is 5.92 Å². The molecule has 1 aromatic rings. The first-order chi connectivity index (χ1) is 5.25. The Hall–Kier alpha value is -1.29. The van der Waals surface area contributed by atoms with Crippen LogP contribution in [0.25, 0.3) is 0 Å². The molecule has 1 heterocycles. The maximum absolute atomic E-state index is 10.8. The molecule has 11 heavy (non-hydrogen) atoms. The standard InChI is InChI=1S/C7H10N2O2/c1-5(7(10)9-11)6-3-2-4-8-6/h2-5,8,11H,1H3,(H,9,10). The second-order valence-electron chi connectivity index (χ2n) is 2.32. The second-order valence-corrected chi connectivity index (χ2v) is 2.32. The molecule has 1 unspecified atom stereocenters. The first-order valence-corrected chi connectivity index (χ1v) is 3.33. The SMILES string of the molecule is CC(C(=O)NO)c1ccc[nH]1. The summed E-state index contributed by atoms with van der Waals surface area (Å²) in [5.41, 5.74) is 2.38. The number of hydrogen-bond donors (Lipinski definition) is 3. The molecule has 0 aromatic carbocycles. The van der Waals surface area contributed by atoms with Crippen molar-refractivity contribution >= 4 is 5.91 Å². The van der Waals surface area contributed by atoms with Gasteiger partial charge in [0.2, 0.25) is 0 Å². The average Bonchev–Trinajstić information content (AvgIpc) is 2.53. The normalized spacial score (nSPS) is 12.5. The van der Waals surface area contributed by atoms with Gasteiger partial charge in [-0.1, -0.05) is 0 Å². The molecule has 4 nitrogen and oxygen atoms in total. The van der Waals surface area contributed by atoms with Gasteiger partial charge in [0.15, 0.2) is 0 Å². The van der Waals surface area contributed by atoms with Gasteiger partial charge in [0.05, 0.1) is 5.92 Å². The number of hydrogen-bond acceptors (Lipinski definition) is 2. The highest BCUT2D eigenvalue weighted by Gasteiger charge is 2.13. The summed E-state index contributed by atoms with van der Waals surface area (Å²) in [5, 5.41) is 8.29. The highest BCUT2D eigenvalue weighted by Crippen LogP contribution is 2.11. The van der Waals surface area contributed by atoms with E-state index in [0.717, 1.165) is 5.69 Å². The molecule has 0 aliphatic rings. The predicted octanol–water partition coefficient (Wildman–Crippen LogP) is 0.624. The van der Waals surface area contributed by atoms with E-state index in [0.29, 0.717) is 0 Å². The highest BCUT2D eigenvalue weighted by atomic mass is 16.5. The van der Waals surface area contributed by atoms with Crippen LogP contribution in [0.4, 0.5) is 0 Å². The van der Waals surface area contributed by atoms with Gasteiger partial charge in [-0.2, -0.15) is 0 Å². The van der Waals surface area contributed by atoms with E-state index in [2.05, 4.69) is 4.98 Å². The van der Waals surface area contributed by atoms with Crippen molar-refractivity contribution in [3.05, 3.63) is 24.0 Å². The zero-order chi connectivity index (χ0) is 8.27. The first-order valence-electron chi connectivity index (χ1n) is 3.33. The lowest BCUT2D eigenvalue weighted by atomic mass is 10.1. The van der Waals surface area contributed by atoms with Gasteiger partial charge in [-0.3, -0.25) is 10.0 Å². The van der Waals surface area contributed by atoms with E-state index >= 15 is 0 Å². The van der Waals surface area contributed by atoms with Crippen molar-refractivity contribution in [2.75, 3.05) is 0 Å². The Morgan fingerprint density at radius 3 is 3.00 bits per heavy atom. The fourth-order valence-corrected chi connectivity index (χ4v) is 0.852. The maximum Gasteiger partial charge on any atom is 0.252 e. The van der Waals surface area contributed by atoms with Gasteiger partial charge in [0, 0.05) is 11.9 Å². The van der Waals surface area contributed by atoms with Crippen molar-refractivity contribution in [1.82, 2.24) is 10.5 Å². The predicted molar refractivity (Wildman–Crippen MR) is 39.1 cm³/mol. The topological polar surface area (TPSA) is 65.1 Å². The van der Waals surface area contributed by atoms with Gasteiger partial charge < -0.3 is 4.98 Å². The van der Waals surface area contributed by atoms with E-state index < -0.39 is 5.91 Å². The number of carbonyl (C=O) groups excluding carboxylic acids is 1. The smallest absolute Gasteiger partial charge is 0.252 e. The molecule has 0 spiro atoms. The summed E-state index contributed by atoms with van der Waals surface area (Å²) < 4.78 is 0. The van der Waals surface area contributed by atoms with Crippen molar-refractivity contribution < 1.29 is 10.0 Å². The van der Waals surface area contributed by atoms with Gasteiger partial charge in [-0.15, -0.1) is 0 Å². The number of H-pyrrole nitrogens is 1. The van der Waals surface area contributed by atoms with Crippen LogP contribution >= 0.6 is 0 Å². The van der Waals surface area contributed by atoms with Crippen molar-refractivity contribution in [1.29, 1.82) is 0 Å². The minimum atomic E-state index is -0.410. The first kappa shape index (κ1) is 7.81. The van der Waals surface area contributed by atoms with Crippen LogP contribution in [0, 0.1) is 0 Å². The molecule has 0 saturated carbocycles. The van der Waals surface area contributed by atoms with Crippen LogP contribution in [0.5, 0.6) is 0 Å². The Labute approximate surface area is 64.2 Å². The molecule has 0 aliphatic carbocycles. The summed E-state index contributed by atoms with van der Waals surface area (Å²) in [5.74, 6) is -0.748. The van der Waals surface area contributed by atoms with Crippen LogP contribution < -0.4 is 5.48 Å². The summed E-state index contributed by atoms with van der Waals surface area (Å²) in [4.78, 5) is 13.7. The zero-order valence-electron chi connectivity index (χ0n) is 6.16. The summed E-state index contributed by atoms with van der Waals surface area (Å²) in [6, 6.07) is 3.59. The van der Waals surface area contributed by atoms with Gasteiger partial charge in [0.25, 0.3) is 5.91 Å². The minimum absolute atomic E-state index is 0.338. The number of aromatic nitrogens is 1. The Kier molecular flexibility index (Phi) is 2.28. The second kappa shape index (κ2) is 3.21. The van der Waals surface area contributed by atoms with Crippen molar-refractivity contribution in [2.45, 2.75) is 12.8 Å². The van der Waals surface area contributed by atoms with E-state index in [4.69, 9.17) is 5.21 Å². The third-order valence-corrected chi connectivity index (χ3v) is 1.59. The van der Waals surface area contributed by atoms with Crippen LogP contribution in [-0.2, 0) is 4.79 Å². The fraction of sp³-hybridized carbons (Fsp3) is 0.286. The van der Waals surface area contributed by atoms with Crippen LogP contribution in [0.15, 0.2) is 18.3 Å². The van der Waals surface area contributed by atoms with Gasteiger partial charge in [-0.05, 0) is 19.1 Å². The molecule has 0 radical (unpaired) electrons. The lowest BCUT2D eigenvalue weighted by molar-refractivity contribution is -0.130. The largest absolute Gasteiger partial charge is 0.364 e. The minimum Gasteiger partial charge on any atom is -0.364 e. The molecule has 3 N–H and O–H groups in total. The van der Waals surface area contributed by atoms with Crippen LogP contribution in [0.3, 0.4) is 0 Å². The molecule has 1 atom stereocenters. The summed E-state index contributed by atoms with van der Waals surface area (Å²) in [7, 11) is 0. The maximum atomic E-state index is 10.8. The van der Waals surface area contributed by atoms with Crippen molar-refractivity contribution in [3.8, 4) is 0 Å². The number of amides is 1. The summed E-state index contributed by atoms with van der Waals surface area (Å²) >= 11 is 0. The Bertz CT molecular complexity index is 231. The fourth-order valence-electron chi connectivity index (χ4n) is 0.852. The number of aromatic amines is 1. The number of nitrogens with one attached hydrogen (secondary N) is 2. The molecule has 0 bridgehead atoms. The monoisotopic (exact) mass is 154 g/mol. The lowest BCUT2D eigenvalue weighted by Crippen LogP contribution is -2.24. The van der Waals surface area contributed by atoms with E-state index in [1.54, 1.807) is 30.7 Å². The van der Waals surface area contributed by atoms with Gasteiger partial charge in [-0.25, -0.2) is 5.48 Å². The molecular formula is C7H10N2O2.